The van der Waals surface area contributed by atoms with Gasteiger partial charge in [0.2, 0.25) is 0 Å². The van der Waals surface area contributed by atoms with Gasteiger partial charge in [0.05, 0.1) is 13.3 Å². The summed E-state index contributed by atoms with van der Waals surface area (Å²) in [5, 5.41) is 3.62. The minimum absolute atomic E-state index is 0.411. The highest BCUT2D eigenvalue weighted by molar-refractivity contribution is 5.33. The fraction of sp³-hybridized carbons (Fsp3) is 0.583. The van der Waals surface area contributed by atoms with Crippen molar-refractivity contribution in [2.75, 3.05) is 13.7 Å². The molecule has 1 aromatic rings. The SMILES string of the molecule is COc1cncc(C2CCNC23CC3)c1. The van der Waals surface area contributed by atoms with E-state index in [9.17, 15) is 0 Å². The van der Waals surface area contributed by atoms with E-state index in [1.807, 2.05) is 6.20 Å². The number of ether oxygens (including phenoxy) is 1. The lowest BCUT2D eigenvalue weighted by atomic mass is 9.91. The minimum atomic E-state index is 0.411. The molecule has 2 heterocycles. The Morgan fingerprint density at radius 2 is 2.33 bits per heavy atom. The average molecular weight is 204 g/mol. The lowest BCUT2D eigenvalue weighted by molar-refractivity contribution is 0.411. The van der Waals surface area contributed by atoms with E-state index in [4.69, 9.17) is 4.74 Å². The van der Waals surface area contributed by atoms with Gasteiger partial charge in [0.15, 0.2) is 0 Å². The van der Waals surface area contributed by atoms with E-state index in [1.54, 1.807) is 13.3 Å². The molecule has 0 aromatic carbocycles. The summed E-state index contributed by atoms with van der Waals surface area (Å²) < 4.78 is 5.22. The van der Waals surface area contributed by atoms with Crippen molar-refractivity contribution in [2.24, 2.45) is 0 Å². The Balaban J connectivity index is 1.91. The third-order valence-corrected chi connectivity index (χ3v) is 3.74. The Hall–Kier alpha value is -1.09. The van der Waals surface area contributed by atoms with E-state index < -0.39 is 0 Å². The molecule has 3 rings (SSSR count). The first-order valence-electron chi connectivity index (χ1n) is 5.58. The monoisotopic (exact) mass is 204 g/mol. The molecule has 1 N–H and O–H groups in total. The second kappa shape index (κ2) is 3.20. The summed E-state index contributed by atoms with van der Waals surface area (Å²) in [7, 11) is 1.70. The van der Waals surface area contributed by atoms with Crippen LogP contribution < -0.4 is 10.1 Å². The van der Waals surface area contributed by atoms with Crippen molar-refractivity contribution in [3.8, 4) is 5.75 Å². The molecule has 1 saturated heterocycles. The molecular formula is C12H16N2O. The van der Waals surface area contributed by atoms with E-state index in [0.717, 1.165) is 12.3 Å². The number of hydrogen-bond donors (Lipinski definition) is 1. The predicted molar refractivity (Wildman–Crippen MR) is 58.1 cm³/mol. The number of rotatable bonds is 2. The number of nitrogens with one attached hydrogen (secondary N) is 1. The van der Waals surface area contributed by atoms with Gasteiger partial charge in [-0.1, -0.05) is 0 Å². The number of hydrogen-bond acceptors (Lipinski definition) is 3. The van der Waals surface area contributed by atoms with E-state index in [1.165, 1.54) is 24.8 Å². The standard InChI is InChI=1S/C12H16N2O/c1-15-10-6-9(7-13-8-10)11-2-5-14-12(11)3-4-12/h6-8,11,14H,2-5H2,1H3. The molecule has 3 nitrogen and oxygen atoms in total. The highest BCUT2D eigenvalue weighted by Gasteiger charge is 2.52. The summed E-state index contributed by atoms with van der Waals surface area (Å²) in [5.74, 6) is 1.51. The first-order valence-corrected chi connectivity index (χ1v) is 5.58. The van der Waals surface area contributed by atoms with Gasteiger partial charge in [0.25, 0.3) is 0 Å². The number of nitrogens with zero attached hydrogens (tertiary/aromatic N) is 1. The molecule has 1 atom stereocenters. The Morgan fingerprint density at radius 3 is 3.07 bits per heavy atom. The first kappa shape index (κ1) is 9.16. The fourth-order valence-corrected chi connectivity index (χ4v) is 2.75. The molecule has 1 aliphatic heterocycles. The number of methoxy groups -OCH3 is 1. The Labute approximate surface area is 89.9 Å². The maximum Gasteiger partial charge on any atom is 0.137 e. The van der Waals surface area contributed by atoms with Crippen LogP contribution in [0.25, 0.3) is 0 Å². The first-order chi connectivity index (χ1) is 7.34. The normalized spacial score (nSPS) is 26.9. The van der Waals surface area contributed by atoms with Crippen molar-refractivity contribution in [1.29, 1.82) is 0 Å². The van der Waals surface area contributed by atoms with Gasteiger partial charge < -0.3 is 10.1 Å². The average Bonchev–Trinajstić information content (AvgIpc) is 2.91. The molecule has 1 spiro atoms. The van der Waals surface area contributed by atoms with Gasteiger partial charge in [0.1, 0.15) is 5.75 Å². The summed E-state index contributed by atoms with van der Waals surface area (Å²) in [6.07, 6.45) is 7.62. The zero-order valence-electron chi connectivity index (χ0n) is 8.99. The van der Waals surface area contributed by atoms with Gasteiger partial charge in [-0.05, 0) is 37.4 Å². The molecule has 0 bridgehead atoms. The van der Waals surface area contributed by atoms with Crippen molar-refractivity contribution in [3.05, 3.63) is 24.0 Å². The Morgan fingerprint density at radius 1 is 1.47 bits per heavy atom. The lowest BCUT2D eigenvalue weighted by Crippen LogP contribution is -2.27. The summed E-state index contributed by atoms with van der Waals surface area (Å²) in [6.45, 7) is 1.14. The highest BCUT2D eigenvalue weighted by atomic mass is 16.5. The lowest BCUT2D eigenvalue weighted by Gasteiger charge is -2.18. The number of aromatic nitrogens is 1. The molecule has 0 radical (unpaired) electrons. The van der Waals surface area contributed by atoms with Gasteiger partial charge in [-0.2, -0.15) is 0 Å². The van der Waals surface area contributed by atoms with Gasteiger partial charge in [-0.25, -0.2) is 0 Å². The van der Waals surface area contributed by atoms with Crippen molar-refractivity contribution in [2.45, 2.75) is 30.7 Å². The van der Waals surface area contributed by atoms with Crippen LogP contribution in [0, 0.1) is 0 Å². The summed E-state index contributed by atoms with van der Waals surface area (Å²) in [4.78, 5) is 4.24. The number of pyridine rings is 1. The van der Waals surface area contributed by atoms with Crippen LogP contribution in [0.5, 0.6) is 5.75 Å². The molecule has 80 valence electrons. The van der Waals surface area contributed by atoms with E-state index in [0.29, 0.717) is 11.5 Å². The maximum absolute atomic E-state index is 5.22. The van der Waals surface area contributed by atoms with E-state index in [-0.39, 0.29) is 0 Å². The second-order valence-corrected chi connectivity index (χ2v) is 4.58. The highest BCUT2D eigenvalue weighted by Crippen LogP contribution is 2.52. The quantitative estimate of drug-likeness (QED) is 0.796. The largest absolute Gasteiger partial charge is 0.495 e. The van der Waals surface area contributed by atoms with Crippen LogP contribution in [0.15, 0.2) is 18.5 Å². The minimum Gasteiger partial charge on any atom is -0.495 e. The summed E-state index contributed by atoms with van der Waals surface area (Å²) in [6, 6.07) is 2.13. The zero-order valence-corrected chi connectivity index (χ0v) is 8.99. The maximum atomic E-state index is 5.22. The smallest absolute Gasteiger partial charge is 0.137 e. The van der Waals surface area contributed by atoms with Crippen molar-refractivity contribution < 1.29 is 4.74 Å². The molecule has 1 unspecified atom stereocenters. The van der Waals surface area contributed by atoms with Gasteiger partial charge in [0, 0.05) is 17.7 Å². The van der Waals surface area contributed by atoms with Crippen LogP contribution in [-0.2, 0) is 0 Å². The Kier molecular flexibility index (Phi) is 1.96. The zero-order chi connectivity index (χ0) is 10.3. The summed E-state index contributed by atoms with van der Waals surface area (Å²) in [5.41, 5.74) is 1.74. The molecular weight excluding hydrogens is 188 g/mol. The predicted octanol–water partition coefficient (Wildman–Crippen LogP) is 1.70. The van der Waals surface area contributed by atoms with Crippen LogP contribution in [-0.4, -0.2) is 24.2 Å². The van der Waals surface area contributed by atoms with Crippen molar-refractivity contribution >= 4 is 0 Å². The van der Waals surface area contributed by atoms with Gasteiger partial charge >= 0.3 is 0 Å². The van der Waals surface area contributed by atoms with Crippen LogP contribution in [0.1, 0.15) is 30.7 Å². The second-order valence-electron chi connectivity index (χ2n) is 4.58. The molecule has 1 saturated carbocycles. The van der Waals surface area contributed by atoms with Gasteiger partial charge in [-0.3, -0.25) is 4.98 Å². The van der Waals surface area contributed by atoms with Crippen molar-refractivity contribution in [3.63, 3.8) is 0 Å². The molecule has 15 heavy (non-hydrogen) atoms. The molecule has 1 aliphatic carbocycles. The fourth-order valence-electron chi connectivity index (χ4n) is 2.75. The van der Waals surface area contributed by atoms with Crippen LogP contribution in [0.3, 0.4) is 0 Å². The molecule has 1 aromatic heterocycles. The summed E-state index contributed by atoms with van der Waals surface area (Å²) >= 11 is 0. The topological polar surface area (TPSA) is 34.1 Å². The molecule has 3 heteroatoms. The van der Waals surface area contributed by atoms with Gasteiger partial charge in [-0.15, -0.1) is 0 Å². The van der Waals surface area contributed by atoms with E-state index in [2.05, 4.69) is 16.4 Å². The van der Waals surface area contributed by atoms with Crippen LogP contribution >= 0.6 is 0 Å². The molecule has 2 fully saturated rings. The van der Waals surface area contributed by atoms with Crippen molar-refractivity contribution in [1.82, 2.24) is 10.3 Å². The van der Waals surface area contributed by atoms with Crippen LogP contribution in [0.2, 0.25) is 0 Å². The third-order valence-electron chi connectivity index (χ3n) is 3.74. The third kappa shape index (κ3) is 1.42. The van der Waals surface area contributed by atoms with E-state index >= 15 is 0 Å². The molecule has 0 amide bonds. The van der Waals surface area contributed by atoms with Crippen LogP contribution in [0.4, 0.5) is 0 Å². The Bertz CT molecular complexity index is 374. The molecule has 2 aliphatic rings.